The molecule has 0 bridgehead atoms. The summed E-state index contributed by atoms with van der Waals surface area (Å²) in [6.07, 6.45) is 3.09. The summed E-state index contributed by atoms with van der Waals surface area (Å²) in [5.41, 5.74) is -0.282. The second kappa shape index (κ2) is 5.71. The largest absolute Gasteiger partial charge is 0.377 e. The molecule has 2 unspecified atom stereocenters. The highest BCUT2D eigenvalue weighted by Crippen LogP contribution is 2.47. The first-order valence-electron chi connectivity index (χ1n) is 7.60. The molecule has 0 amide bonds. The van der Waals surface area contributed by atoms with E-state index in [1.54, 1.807) is 0 Å². The summed E-state index contributed by atoms with van der Waals surface area (Å²) in [6, 6.07) is 0.310. The summed E-state index contributed by atoms with van der Waals surface area (Å²) in [4.78, 5) is 0. The van der Waals surface area contributed by atoms with E-state index in [2.05, 4.69) is 46.9 Å². The van der Waals surface area contributed by atoms with Crippen LogP contribution in [0.1, 0.15) is 60.8 Å². The summed E-state index contributed by atoms with van der Waals surface area (Å²) in [7, 11) is 3.89. The fourth-order valence-corrected chi connectivity index (χ4v) is 4.06. The third-order valence-corrected chi connectivity index (χ3v) is 5.03. The Morgan fingerprint density at radius 3 is 2.05 bits per heavy atom. The van der Waals surface area contributed by atoms with Gasteiger partial charge in [0.05, 0.1) is 16.8 Å². The zero-order valence-electron chi connectivity index (χ0n) is 14.1. The minimum Gasteiger partial charge on any atom is -0.377 e. The molecule has 0 aromatic heterocycles. The second-order valence-electron chi connectivity index (χ2n) is 7.02. The van der Waals surface area contributed by atoms with Gasteiger partial charge >= 0.3 is 0 Å². The lowest BCUT2D eigenvalue weighted by Crippen LogP contribution is -2.57. The molecular weight excluding hydrogens is 238 g/mol. The molecule has 1 N–H and O–H groups in total. The lowest BCUT2D eigenvalue weighted by Gasteiger charge is -2.44. The zero-order chi connectivity index (χ0) is 14.9. The molecular formula is C16H33NO2. The van der Waals surface area contributed by atoms with Crippen LogP contribution in [0.4, 0.5) is 0 Å². The van der Waals surface area contributed by atoms with E-state index in [-0.39, 0.29) is 16.8 Å². The summed E-state index contributed by atoms with van der Waals surface area (Å²) in [5.74, 6) is 0.451. The first kappa shape index (κ1) is 16.9. The van der Waals surface area contributed by atoms with Gasteiger partial charge in [-0.05, 0) is 54.0 Å². The highest BCUT2D eigenvalue weighted by Gasteiger charge is 2.53. The number of methoxy groups -OCH3 is 1. The van der Waals surface area contributed by atoms with Crippen molar-refractivity contribution in [1.82, 2.24) is 5.32 Å². The highest BCUT2D eigenvalue weighted by molar-refractivity contribution is 5.05. The van der Waals surface area contributed by atoms with Crippen LogP contribution in [0.5, 0.6) is 0 Å². The lowest BCUT2D eigenvalue weighted by molar-refractivity contribution is -0.105. The van der Waals surface area contributed by atoms with Crippen LogP contribution in [0.3, 0.4) is 0 Å². The molecule has 1 fully saturated rings. The average molecular weight is 271 g/mol. The third-order valence-electron chi connectivity index (χ3n) is 5.03. The highest BCUT2D eigenvalue weighted by atomic mass is 16.5. The number of rotatable bonds is 6. The zero-order valence-corrected chi connectivity index (χ0v) is 14.1. The Hall–Kier alpha value is -0.120. The minimum atomic E-state index is -0.120. The van der Waals surface area contributed by atoms with Crippen molar-refractivity contribution in [2.24, 2.45) is 5.92 Å². The molecule has 0 aromatic rings. The second-order valence-corrected chi connectivity index (χ2v) is 7.02. The molecule has 3 heteroatoms. The van der Waals surface area contributed by atoms with E-state index in [1.165, 1.54) is 0 Å². The van der Waals surface area contributed by atoms with Crippen molar-refractivity contribution in [3.8, 4) is 0 Å². The molecule has 1 rings (SSSR count). The summed E-state index contributed by atoms with van der Waals surface area (Å²) in [5, 5.41) is 3.53. The predicted molar refractivity (Wildman–Crippen MR) is 80.5 cm³/mol. The fraction of sp³-hybridized carbons (Fsp3) is 1.00. The molecule has 114 valence electrons. The van der Waals surface area contributed by atoms with Gasteiger partial charge in [-0.2, -0.15) is 0 Å². The molecule has 0 spiro atoms. The van der Waals surface area contributed by atoms with Crippen LogP contribution in [0.15, 0.2) is 0 Å². The predicted octanol–water partition coefficient (Wildman–Crippen LogP) is 3.37. The molecule has 0 aliphatic carbocycles. The Labute approximate surface area is 119 Å². The SMILES string of the molecule is CCC(CC)(OC)C(NC)C1CC(C)(C)OC1(C)C. The van der Waals surface area contributed by atoms with Gasteiger partial charge in [0.1, 0.15) is 0 Å². The van der Waals surface area contributed by atoms with E-state index in [1.807, 2.05) is 14.2 Å². The molecule has 2 atom stereocenters. The Morgan fingerprint density at radius 1 is 1.26 bits per heavy atom. The maximum atomic E-state index is 6.26. The Morgan fingerprint density at radius 2 is 1.79 bits per heavy atom. The van der Waals surface area contributed by atoms with E-state index in [0.717, 1.165) is 19.3 Å². The van der Waals surface area contributed by atoms with Gasteiger partial charge < -0.3 is 14.8 Å². The van der Waals surface area contributed by atoms with Gasteiger partial charge in [-0.1, -0.05) is 13.8 Å². The van der Waals surface area contributed by atoms with Crippen LogP contribution in [-0.2, 0) is 9.47 Å². The van der Waals surface area contributed by atoms with Crippen molar-refractivity contribution in [3.63, 3.8) is 0 Å². The van der Waals surface area contributed by atoms with Crippen LogP contribution < -0.4 is 5.32 Å². The van der Waals surface area contributed by atoms with Crippen molar-refractivity contribution in [2.75, 3.05) is 14.2 Å². The molecule has 19 heavy (non-hydrogen) atoms. The summed E-state index contributed by atoms with van der Waals surface area (Å²) in [6.45, 7) is 13.2. The van der Waals surface area contributed by atoms with Crippen LogP contribution >= 0.6 is 0 Å². The number of hydrogen-bond acceptors (Lipinski definition) is 3. The maximum Gasteiger partial charge on any atom is 0.0829 e. The van der Waals surface area contributed by atoms with Crippen LogP contribution in [0.25, 0.3) is 0 Å². The lowest BCUT2D eigenvalue weighted by atomic mass is 9.72. The van der Waals surface area contributed by atoms with Crippen molar-refractivity contribution in [2.45, 2.75) is 83.6 Å². The van der Waals surface area contributed by atoms with Crippen LogP contribution in [0, 0.1) is 5.92 Å². The summed E-state index contributed by atoms with van der Waals surface area (Å²) >= 11 is 0. The van der Waals surface area contributed by atoms with E-state index >= 15 is 0 Å². The van der Waals surface area contributed by atoms with Crippen molar-refractivity contribution >= 4 is 0 Å². The topological polar surface area (TPSA) is 30.5 Å². The van der Waals surface area contributed by atoms with E-state index in [9.17, 15) is 0 Å². The van der Waals surface area contributed by atoms with Crippen molar-refractivity contribution in [3.05, 3.63) is 0 Å². The molecule has 1 aliphatic rings. The fourth-order valence-electron chi connectivity index (χ4n) is 4.06. The van der Waals surface area contributed by atoms with Gasteiger partial charge in [-0.25, -0.2) is 0 Å². The van der Waals surface area contributed by atoms with Crippen molar-refractivity contribution in [1.29, 1.82) is 0 Å². The van der Waals surface area contributed by atoms with E-state index in [4.69, 9.17) is 9.47 Å². The number of nitrogens with one attached hydrogen (secondary N) is 1. The first-order valence-corrected chi connectivity index (χ1v) is 7.60. The minimum absolute atomic E-state index is 0.0514. The smallest absolute Gasteiger partial charge is 0.0829 e. The summed E-state index contributed by atoms with van der Waals surface area (Å²) < 4.78 is 12.2. The van der Waals surface area contributed by atoms with Crippen LogP contribution in [0.2, 0.25) is 0 Å². The normalized spacial score (nSPS) is 27.5. The Balaban J connectivity index is 3.09. The maximum absolute atomic E-state index is 6.26. The number of ether oxygens (including phenoxy) is 2. The van der Waals surface area contributed by atoms with Gasteiger partial charge in [-0.15, -0.1) is 0 Å². The Kier molecular flexibility index (Phi) is 5.09. The first-order chi connectivity index (χ1) is 8.68. The molecule has 1 heterocycles. The third kappa shape index (κ3) is 3.14. The Bertz CT molecular complexity index is 287. The van der Waals surface area contributed by atoms with Gasteiger partial charge in [0.25, 0.3) is 0 Å². The molecule has 0 saturated carbocycles. The van der Waals surface area contributed by atoms with Gasteiger partial charge in [-0.3, -0.25) is 0 Å². The monoisotopic (exact) mass is 271 g/mol. The quantitative estimate of drug-likeness (QED) is 0.803. The molecule has 1 aliphatic heterocycles. The van der Waals surface area contributed by atoms with Gasteiger partial charge in [0.2, 0.25) is 0 Å². The standard InChI is InChI=1S/C16H33NO2/c1-9-16(10-2,18-8)13(17-7)12-11-14(3,4)19-15(12,5)6/h12-13,17H,9-11H2,1-8H3. The van der Waals surface area contributed by atoms with Crippen LogP contribution in [-0.4, -0.2) is 37.0 Å². The molecule has 0 radical (unpaired) electrons. The van der Waals surface area contributed by atoms with Gasteiger partial charge in [0.15, 0.2) is 0 Å². The molecule has 1 saturated heterocycles. The van der Waals surface area contributed by atoms with E-state index in [0.29, 0.717) is 12.0 Å². The van der Waals surface area contributed by atoms with Gasteiger partial charge in [0, 0.05) is 19.1 Å². The number of likely N-dealkylation sites (N-methyl/N-ethyl adjacent to an activating group) is 1. The molecule has 0 aromatic carbocycles. The molecule has 3 nitrogen and oxygen atoms in total. The van der Waals surface area contributed by atoms with Crippen molar-refractivity contribution < 1.29 is 9.47 Å². The van der Waals surface area contributed by atoms with E-state index < -0.39 is 0 Å². The average Bonchev–Trinajstić information content (AvgIpc) is 2.54. The number of hydrogen-bond donors (Lipinski definition) is 1.